The Morgan fingerprint density at radius 1 is 1.43 bits per heavy atom. The first-order valence-electron chi connectivity index (χ1n) is 6.19. The number of nitrogens with two attached hydrogens (primary N) is 1. The summed E-state index contributed by atoms with van der Waals surface area (Å²) in [7, 11) is 0. The van der Waals surface area contributed by atoms with Crippen LogP contribution in [0, 0.1) is 0 Å². The molecular weight excluding hydrogens is 315 g/mol. The van der Waals surface area contributed by atoms with E-state index in [2.05, 4.69) is 15.5 Å². The van der Waals surface area contributed by atoms with E-state index in [1.165, 1.54) is 0 Å². The van der Waals surface area contributed by atoms with E-state index in [1.807, 2.05) is 0 Å². The molecule has 1 amide bonds. The number of amides is 1. The van der Waals surface area contributed by atoms with Crippen molar-refractivity contribution in [3.05, 3.63) is 35.1 Å². The Kier molecular flexibility index (Phi) is 6.61. The molecule has 2 aromatic rings. The lowest BCUT2D eigenvalue weighted by Gasteiger charge is -2.08. The lowest BCUT2D eigenvalue weighted by Crippen LogP contribution is -2.28. The smallest absolute Gasteiger partial charge is 0.257 e. The Morgan fingerprint density at radius 3 is 2.71 bits per heavy atom. The highest BCUT2D eigenvalue weighted by Crippen LogP contribution is 2.21. The van der Waals surface area contributed by atoms with Gasteiger partial charge < -0.3 is 15.6 Å². The second-order valence-corrected chi connectivity index (χ2v) is 4.73. The minimum Gasteiger partial charge on any atom is -0.346 e. The van der Waals surface area contributed by atoms with Gasteiger partial charge in [-0.2, -0.15) is 4.98 Å². The van der Waals surface area contributed by atoms with Crippen molar-refractivity contribution in [2.24, 2.45) is 5.73 Å². The van der Waals surface area contributed by atoms with Gasteiger partial charge >= 0.3 is 0 Å². The van der Waals surface area contributed by atoms with Crippen molar-refractivity contribution < 1.29 is 9.32 Å². The standard InChI is InChI=1S/C13H15ClN4O2.ClH/c1-8(16-11(19)6-7-15)12-17-13(20-18-12)9-2-4-10(14)5-3-9;/h2-5,8H,6-7,15H2,1H3,(H,16,19);1H. The van der Waals surface area contributed by atoms with Crippen molar-refractivity contribution in [3.63, 3.8) is 0 Å². The summed E-state index contributed by atoms with van der Waals surface area (Å²) < 4.78 is 5.17. The number of carbonyl (C=O) groups is 1. The predicted octanol–water partition coefficient (Wildman–Crippen LogP) is 2.34. The monoisotopic (exact) mass is 330 g/mol. The summed E-state index contributed by atoms with van der Waals surface area (Å²) in [4.78, 5) is 15.7. The van der Waals surface area contributed by atoms with Gasteiger partial charge in [-0.05, 0) is 31.2 Å². The fourth-order valence-corrected chi connectivity index (χ4v) is 1.76. The molecular formula is C13H16Cl2N4O2. The molecule has 0 saturated heterocycles. The highest BCUT2D eigenvalue weighted by Gasteiger charge is 2.16. The maximum Gasteiger partial charge on any atom is 0.257 e. The van der Waals surface area contributed by atoms with Crippen molar-refractivity contribution in [1.29, 1.82) is 0 Å². The summed E-state index contributed by atoms with van der Waals surface area (Å²) in [6.45, 7) is 2.09. The maximum absolute atomic E-state index is 11.4. The molecule has 2 rings (SSSR count). The lowest BCUT2D eigenvalue weighted by atomic mass is 10.2. The van der Waals surface area contributed by atoms with E-state index >= 15 is 0 Å². The van der Waals surface area contributed by atoms with Crippen LogP contribution < -0.4 is 11.1 Å². The third-order valence-electron chi connectivity index (χ3n) is 2.67. The van der Waals surface area contributed by atoms with E-state index in [9.17, 15) is 4.79 Å². The zero-order chi connectivity index (χ0) is 14.5. The van der Waals surface area contributed by atoms with Crippen LogP contribution in [0.2, 0.25) is 5.02 Å². The summed E-state index contributed by atoms with van der Waals surface area (Å²) >= 11 is 5.82. The lowest BCUT2D eigenvalue weighted by molar-refractivity contribution is -0.121. The summed E-state index contributed by atoms with van der Waals surface area (Å²) in [5.74, 6) is 0.662. The average Bonchev–Trinajstić information content (AvgIpc) is 2.89. The van der Waals surface area contributed by atoms with E-state index in [4.69, 9.17) is 21.9 Å². The van der Waals surface area contributed by atoms with Crippen molar-refractivity contribution in [1.82, 2.24) is 15.5 Å². The molecule has 1 aromatic heterocycles. The highest BCUT2D eigenvalue weighted by atomic mass is 35.5. The molecule has 114 valence electrons. The molecule has 3 N–H and O–H groups in total. The Bertz CT molecular complexity index is 586. The van der Waals surface area contributed by atoms with Crippen LogP contribution in [0.3, 0.4) is 0 Å². The van der Waals surface area contributed by atoms with E-state index in [0.717, 1.165) is 5.56 Å². The van der Waals surface area contributed by atoms with Crippen LogP contribution in [0.4, 0.5) is 0 Å². The quantitative estimate of drug-likeness (QED) is 0.877. The van der Waals surface area contributed by atoms with Gasteiger partial charge in [-0.3, -0.25) is 4.79 Å². The first kappa shape index (κ1) is 17.4. The summed E-state index contributed by atoms with van der Waals surface area (Å²) in [5.41, 5.74) is 6.09. The van der Waals surface area contributed by atoms with E-state index in [1.54, 1.807) is 31.2 Å². The molecule has 0 aliphatic rings. The van der Waals surface area contributed by atoms with Crippen LogP contribution in [-0.4, -0.2) is 22.6 Å². The first-order valence-corrected chi connectivity index (χ1v) is 6.57. The first-order chi connectivity index (χ1) is 9.60. The number of carbonyl (C=O) groups excluding carboxylic acids is 1. The molecule has 1 unspecified atom stereocenters. The fourth-order valence-electron chi connectivity index (χ4n) is 1.63. The minimum absolute atomic E-state index is 0. The average molecular weight is 331 g/mol. The highest BCUT2D eigenvalue weighted by molar-refractivity contribution is 6.30. The van der Waals surface area contributed by atoms with Crippen LogP contribution in [0.1, 0.15) is 25.2 Å². The van der Waals surface area contributed by atoms with Crippen LogP contribution in [0.25, 0.3) is 11.5 Å². The second-order valence-electron chi connectivity index (χ2n) is 4.29. The molecule has 1 atom stereocenters. The molecule has 0 aliphatic heterocycles. The summed E-state index contributed by atoms with van der Waals surface area (Å²) in [6.07, 6.45) is 0.270. The zero-order valence-corrected chi connectivity index (χ0v) is 12.9. The zero-order valence-electron chi connectivity index (χ0n) is 11.4. The van der Waals surface area contributed by atoms with Gasteiger partial charge in [0.15, 0.2) is 5.82 Å². The number of hydrogen-bond acceptors (Lipinski definition) is 5. The van der Waals surface area contributed by atoms with Crippen LogP contribution in [0.5, 0.6) is 0 Å². The molecule has 0 saturated carbocycles. The molecule has 0 radical (unpaired) electrons. The van der Waals surface area contributed by atoms with Crippen LogP contribution in [-0.2, 0) is 4.79 Å². The van der Waals surface area contributed by atoms with E-state index < -0.39 is 0 Å². The SMILES string of the molecule is CC(NC(=O)CCN)c1noc(-c2ccc(Cl)cc2)n1.Cl. The number of benzene rings is 1. The number of halogens is 2. The molecule has 6 nitrogen and oxygen atoms in total. The summed E-state index contributed by atoms with van der Waals surface area (Å²) in [6, 6.07) is 6.73. The molecule has 21 heavy (non-hydrogen) atoms. The van der Waals surface area contributed by atoms with Crippen molar-refractivity contribution in [2.75, 3.05) is 6.54 Å². The number of aromatic nitrogens is 2. The molecule has 0 fully saturated rings. The van der Waals surface area contributed by atoms with E-state index in [-0.39, 0.29) is 30.8 Å². The van der Waals surface area contributed by atoms with Gasteiger partial charge in [-0.1, -0.05) is 16.8 Å². The van der Waals surface area contributed by atoms with Gasteiger partial charge in [-0.25, -0.2) is 0 Å². The number of rotatable bonds is 5. The van der Waals surface area contributed by atoms with Crippen molar-refractivity contribution in [3.8, 4) is 11.5 Å². The molecule has 0 bridgehead atoms. The number of nitrogens with one attached hydrogen (secondary N) is 1. The van der Waals surface area contributed by atoms with Gasteiger partial charge in [0, 0.05) is 23.6 Å². The van der Waals surface area contributed by atoms with Gasteiger partial charge in [0.25, 0.3) is 5.89 Å². The van der Waals surface area contributed by atoms with Gasteiger partial charge in [0.05, 0.1) is 6.04 Å². The third-order valence-corrected chi connectivity index (χ3v) is 2.92. The van der Waals surface area contributed by atoms with Crippen molar-refractivity contribution >= 4 is 29.9 Å². The van der Waals surface area contributed by atoms with E-state index in [0.29, 0.717) is 23.3 Å². The Labute approximate surface area is 133 Å². The molecule has 1 aromatic carbocycles. The number of hydrogen-bond donors (Lipinski definition) is 2. The Balaban J connectivity index is 0.00000220. The molecule has 0 spiro atoms. The fraction of sp³-hybridized carbons (Fsp3) is 0.308. The Morgan fingerprint density at radius 2 is 2.10 bits per heavy atom. The van der Waals surface area contributed by atoms with Crippen LogP contribution >= 0.6 is 24.0 Å². The molecule has 0 aliphatic carbocycles. The Hall–Kier alpha value is -1.63. The second kappa shape index (κ2) is 7.97. The van der Waals surface area contributed by atoms with Crippen LogP contribution in [0.15, 0.2) is 28.8 Å². The minimum atomic E-state index is -0.334. The normalized spacial score (nSPS) is 11.6. The predicted molar refractivity (Wildman–Crippen MR) is 82.2 cm³/mol. The summed E-state index contributed by atoms with van der Waals surface area (Å²) in [5, 5.41) is 7.24. The van der Waals surface area contributed by atoms with Gasteiger partial charge in [-0.15, -0.1) is 12.4 Å². The van der Waals surface area contributed by atoms with Crippen molar-refractivity contribution in [2.45, 2.75) is 19.4 Å². The molecule has 1 heterocycles. The third kappa shape index (κ3) is 4.70. The number of nitrogens with zero attached hydrogens (tertiary/aromatic N) is 2. The topological polar surface area (TPSA) is 94.0 Å². The van der Waals surface area contributed by atoms with Gasteiger partial charge in [0.1, 0.15) is 0 Å². The maximum atomic E-state index is 11.4. The van der Waals surface area contributed by atoms with Gasteiger partial charge in [0.2, 0.25) is 5.91 Å². The largest absolute Gasteiger partial charge is 0.346 e. The molecule has 8 heteroatoms.